The van der Waals surface area contributed by atoms with Gasteiger partial charge in [-0.05, 0) is 37.1 Å². The summed E-state index contributed by atoms with van der Waals surface area (Å²) in [6.07, 6.45) is -1.28. The average molecular weight is 356 g/mol. The van der Waals surface area contributed by atoms with Crippen LogP contribution < -0.4 is 9.47 Å². The number of aryl methyl sites for hydroxylation is 1. The number of alkyl halides is 3. The van der Waals surface area contributed by atoms with Gasteiger partial charge in [0.2, 0.25) is 0 Å². The maximum atomic E-state index is 12.1. The Kier molecular flexibility index (Phi) is 5.17. The smallest absolute Gasteiger partial charge is 0.490 e. The molecule has 1 fully saturated rings. The van der Waals surface area contributed by atoms with Gasteiger partial charge in [-0.15, -0.1) is 13.2 Å². The topological polar surface area (TPSA) is 47.7 Å². The van der Waals surface area contributed by atoms with Gasteiger partial charge in [-0.25, -0.2) is 4.98 Å². The molecule has 0 radical (unpaired) electrons. The van der Waals surface area contributed by atoms with Crippen LogP contribution in [0.2, 0.25) is 0 Å². The highest BCUT2D eigenvalue weighted by atomic mass is 19.4. The van der Waals surface area contributed by atoms with E-state index in [0.29, 0.717) is 11.6 Å². The van der Waals surface area contributed by atoms with E-state index in [0.717, 1.165) is 38.2 Å². The molecule has 0 saturated carbocycles. The molecule has 2 aromatic rings. The molecule has 0 atom stereocenters. The summed E-state index contributed by atoms with van der Waals surface area (Å²) in [6, 6.07) is 5.49. The lowest BCUT2D eigenvalue weighted by Gasteiger charge is -2.31. The zero-order valence-corrected chi connectivity index (χ0v) is 13.8. The van der Waals surface area contributed by atoms with Crippen molar-refractivity contribution < 1.29 is 27.1 Å². The zero-order valence-electron chi connectivity index (χ0n) is 13.8. The molecule has 0 spiro atoms. The fourth-order valence-electron chi connectivity index (χ4n) is 2.81. The Morgan fingerprint density at radius 1 is 1.16 bits per heavy atom. The molecule has 1 aromatic heterocycles. The maximum Gasteiger partial charge on any atom is 0.573 e. The van der Waals surface area contributed by atoms with E-state index in [9.17, 15) is 13.2 Å². The first kappa shape index (κ1) is 17.6. The van der Waals surface area contributed by atoms with Crippen molar-refractivity contribution >= 4 is 0 Å². The number of oxazole rings is 1. The third-order valence-electron chi connectivity index (χ3n) is 3.95. The Bertz CT molecular complexity index is 677. The van der Waals surface area contributed by atoms with Crippen LogP contribution in [0.4, 0.5) is 13.2 Å². The largest absolute Gasteiger partial charge is 0.573 e. The van der Waals surface area contributed by atoms with Gasteiger partial charge < -0.3 is 13.9 Å². The summed E-state index contributed by atoms with van der Waals surface area (Å²) in [7, 11) is 0. The molecule has 0 unspecified atom stereocenters. The fourth-order valence-corrected chi connectivity index (χ4v) is 2.81. The number of aromatic nitrogens is 1. The Labute approximate surface area is 143 Å². The lowest BCUT2D eigenvalue weighted by molar-refractivity contribution is -0.274. The van der Waals surface area contributed by atoms with Crippen LogP contribution in [0.3, 0.4) is 0 Å². The quantitative estimate of drug-likeness (QED) is 0.813. The molecule has 0 N–H and O–H groups in total. The fraction of sp³-hybridized carbons (Fsp3) is 0.471. The Hall–Kier alpha value is -2.22. The van der Waals surface area contributed by atoms with Crippen LogP contribution in [0.25, 0.3) is 0 Å². The lowest BCUT2D eigenvalue weighted by atomic mass is 10.1. The lowest BCUT2D eigenvalue weighted by Crippen LogP contribution is -2.37. The first-order valence-corrected chi connectivity index (χ1v) is 8.03. The predicted octanol–water partition coefficient (Wildman–Crippen LogP) is 3.93. The Morgan fingerprint density at radius 2 is 1.80 bits per heavy atom. The van der Waals surface area contributed by atoms with Gasteiger partial charge in [0.25, 0.3) is 0 Å². The summed E-state index contributed by atoms with van der Waals surface area (Å²) in [6.45, 7) is 4.29. The van der Waals surface area contributed by atoms with Crippen LogP contribution in [0.1, 0.15) is 24.4 Å². The van der Waals surface area contributed by atoms with E-state index in [-0.39, 0.29) is 11.9 Å². The second kappa shape index (κ2) is 7.35. The number of halogens is 3. The van der Waals surface area contributed by atoms with Crippen LogP contribution >= 0.6 is 0 Å². The Morgan fingerprint density at radius 3 is 2.36 bits per heavy atom. The first-order valence-electron chi connectivity index (χ1n) is 8.03. The summed E-state index contributed by atoms with van der Waals surface area (Å²) >= 11 is 0. The molecule has 0 amide bonds. The number of ether oxygens (including phenoxy) is 2. The summed E-state index contributed by atoms with van der Waals surface area (Å²) < 4.78 is 51.3. The minimum absolute atomic E-state index is 0.0460. The maximum absolute atomic E-state index is 12.1. The van der Waals surface area contributed by atoms with E-state index in [1.54, 1.807) is 6.26 Å². The van der Waals surface area contributed by atoms with Crippen LogP contribution in [-0.2, 0) is 6.54 Å². The van der Waals surface area contributed by atoms with Gasteiger partial charge in [-0.1, -0.05) is 0 Å². The number of likely N-dealkylation sites (tertiary alicyclic amines) is 1. The minimum atomic E-state index is -4.68. The molecule has 2 heterocycles. The van der Waals surface area contributed by atoms with E-state index in [1.807, 2.05) is 6.92 Å². The molecular weight excluding hydrogens is 337 g/mol. The highest BCUT2D eigenvalue weighted by Crippen LogP contribution is 2.26. The average Bonchev–Trinajstić information content (AvgIpc) is 2.95. The molecule has 25 heavy (non-hydrogen) atoms. The van der Waals surface area contributed by atoms with Crippen molar-refractivity contribution in [2.75, 3.05) is 13.1 Å². The number of rotatable bonds is 5. The van der Waals surface area contributed by atoms with E-state index in [1.165, 1.54) is 24.3 Å². The van der Waals surface area contributed by atoms with Crippen molar-refractivity contribution in [1.82, 2.24) is 9.88 Å². The second-order valence-electron chi connectivity index (χ2n) is 5.97. The highest BCUT2D eigenvalue weighted by molar-refractivity contribution is 5.31. The van der Waals surface area contributed by atoms with E-state index >= 15 is 0 Å². The van der Waals surface area contributed by atoms with Gasteiger partial charge in [-0.3, -0.25) is 4.90 Å². The number of benzene rings is 1. The molecule has 136 valence electrons. The van der Waals surface area contributed by atoms with Crippen molar-refractivity contribution in [2.45, 2.75) is 38.8 Å². The standard InChI is InChI=1S/C17H19F3N2O3/c1-12-21-13(11-23-12)10-22-8-6-15(7-9-22)24-14-2-4-16(5-3-14)25-17(18,19)20/h2-5,11,15H,6-10H2,1H3. The second-order valence-corrected chi connectivity index (χ2v) is 5.97. The molecule has 8 heteroatoms. The molecule has 5 nitrogen and oxygen atoms in total. The number of hydrogen-bond donors (Lipinski definition) is 0. The summed E-state index contributed by atoms with van der Waals surface area (Å²) in [5, 5.41) is 0. The van der Waals surface area contributed by atoms with Crippen LogP contribution in [-0.4, -0.2) is 35.4 Å². The van der Waals surface area contributed by atoms with Crippen LogP contribution in [0.15, 0.2) is 34.9 Å². The molecule has 1 aliphatic heterocycles. The third kappa shape index (κ3) is 5.38. The summed E-state index contributed by atoms with van der Waals surface area (Å²) in [5.41, 5.74) is 0.914. The molecule has 1 aromatic carbocycles. The molecule has 1 saturated heterocycles. The third-order valence-corrected chi connectivity index (χ3v) is 3.95. The van der Waals surface area contributed by atoms with Crippen molar-refractivity contribution in [1.29, 1.82) is 0 Å². The number of nitrogens with zero attached hydrogens (tertiary/aromatic N) is 2. The first-order chi connectivity index (χ1) is 11.9. The normalized spacial score (nSPS) is 16.8. The van der Waals surface area contributed by atoms with Gasteiger partial charge in [0.1, 0.15) is 23.9 Å². The van der Waals surface area contributed by atoms with Crippen molar-refractivity contribution in [3.63, 3.8) is 0 Å². The minimum Gasteiger partial charge on any atom is -0.490 e. The van der Waals surface area contributed by atoms with Gasteiger partial charge in [0, 0.05) is 26.6 Å². The number of piperidine rings is 1. The van der Waals surface area contributed by atoms with Gasteiger partial charge in [0.05, 0.1) is 5.69 Å². The molecular formula is C17H19F3N2O3. The summed E-state index contributed by atoms with van der Waals surface area (Å²) in [5.74, 6) is 0.948. The molecule has 1 aliphatic rings. The van der Waals surface area contributed by atoms with Gasteiger partial charge in [-0.2, -0.15) is 0 Å². The van der Waals surface area contributed by atoms with Crippen LogP contribution in [0.5, 0.6) is 11.5 Å². The Balaban J connectivity index is 1.45. The molecule has 0 bridgehead atoms. The van der Waals surface area contributed by atoms with Crippen LogP contribution in [0, 0.1) is 6.92 Å². The van der Waals surface area contributed by atoms with Crippen molar-refractivity contribution in [2.24, 2.45) is 0 Å². The van der Waals surface area contributed by atoms with Crippen molar-refractivity contribution in [3.8, 4) is 11.5 Å². The SMILES string of the molecule is Cc1nc(CN2CCC(Oc3ccc(OC(F)(F)F)cc3)CC2)co1. The molecule has 0 aliphatic carbocycles. The monoisotopic (exact) mass is 356 g/mol. The predicted molar refractivity (Wildman–Crippen MR) is 83.3 cm³/mol. The van der Waals surface area contributed by atoms with E-state index < -0.39 is 6.36 Å². The molecule has 3 rings (SSSR count). The van der Waals surface area contributed by atoms with Crippen molar-refractivity contribution in [3.05, 3.63) is 42.1 Å². The zero-order chi connectivity index (χ0) is 17.9. The van der Waals surface area contributed by atoms with Gasteiger partial charge in [0.15, 0.2) is 5.89 Å². The highest BCUT2D eigenvalue weighted by Gasteiger charge is 2.31. The van der Waals surface area contributed by atoms with E-state index in [2.05, 4.69) is 14.6 Å². The van der Waals surface area contributed by atoms with Gasteiger partial charge >= 0.3 is 6.36 Å². The number of hydrogen-bond acceptors (Lipinski definition) is 5. The summed E-state index contributed by atoms with van der Waals surface area (Å²) in [4.78, 5) is 6.57. The van der Waals surface area contributed by atoms with E-state index in [4.69, 9.17) is 9.15 Å².